The summed E-state index contributed by atoms with van der Waals surface area (Å²) in [5, 5.41) is 13.2. The van der Waals surface area contributed by atoms with Crippen molar-refractivity contribution in [1.29, 1.82) is 0 Å². The van der Waals surface area contributed by atoms with Gasteiger partial charge in [0.2, 0.25) is 0 Å². The van der Waals surface area contributed by atoms with Gasteiger partial charge in [0.25, 0.3) is 5.91 Å². The number of aromatic nitrogens is 1. The quantitative estimate of drug-likeness (QED) is 0.823. The van der Waals surface area contributed by atoms with E-state index < -0.39 is 0 Å². The first-order valence-electron chi connectivity index (χ1n) is 7.57. The lowest BCUT2D eigenvalue weighted by atomic mass is 10.0. The maximum Gasteiger partial charge on any atom is 0.252 e. The molecule has 1 aromatic heterocycles. The van der Waals surface area contributed by atoms with E-state index >= 15 is 0 Å². The molecule has 0 saturated heterocycles. The Morgan fingerprint density at radius 2 is 2.14 bits per heavy atom. The molecule has 0 bridgehead atoms. The van der Waals surface area contributed by atoms with Crippen LogP contribution in [-0.4, -0.2) is 41.9 Å². The Morgan fingerprint density at radius 3 is 2.77 bits per heavy atom. The van der Waals surface area contributed by atoms with Crippen LogP contribution in [0.1, 0.15) is 24.2 Å². The van der Waals surface area contributed by atoms with Gasteiger partial charge in [-0.3, -0.25) is 4.79 Å². The molecular weight excluding hydrogens is 280 g/mol. The highest BCUT2D eigenvalue weighted by Gasteiger charge is 2.18. The third kappa shape index (κ3) is 3.48. The molecule has 0 spiro atoms. The number of aliphatic hydroxyl groups is 1. The molecule has 0 aliphatic rings. The van der Waals surface area contributed by atoms with Crippen molar-refractivity contribution in [1.82, 2.24) is 9.88 Å². The highest BCUT2D eigenvalue weighted by molar-refractivity contribution is 6.06. The minimum atomic E-state index is -0.238. The van der Waals surface area contributed by atoms with E-state index in [1.54, 1.807) is 7.11 Å². The summed E-state index contributed by atoms with van der Waals surface area (Å²) in [5.41, 5.74) is 1.64. The zero-order chi connectivity index (χ0) is 16.1. The minimum absolute atomic E-state index is 0.0613. The first-order chi connectivity index (χ1) is 10.6. The van der Waals surface area contributed by atoms with Crippen molar-refractivity contribution in [2.75, 3.05) is 20.3 Å². The Labute approximate surface area is 130 Å². The standard InChI is InChI=1S/C17H24N2O3/c1-12(2)15(11-20)18-17(21)14-5-4-6-16-13(14)7-8-19(16)9-10-22-3/h4-8,12,15,20H,9-11H2,1-3H3,(H,18,21)/t15-/m0/s1. The lowest BCUT2D eigenvalue weighted by Gasteiger charge is -2.20. The second-order valence-electron chi connectivity index (χ2n) is 5.75. The Balaban J connectivity index is 2.27. The maximum absolute atomic E-state index is 12.5. The number of carbonyl (C=O) groups is 1. The third-order valence-electron chi connectivity index (χ3n) is 3.91. The van der Waals surface area contributed by atoms with Gasteiger partial charge < -0.3 is 19.7 Å². The van der Waals surface area contributed by atoms with Crippen LogP contribution in [0.4, 0.5) is 0 Å². The topological polar surface area (TPSA) is 63.5 Å². The number of carbonyl (C=O) groups excluding carboxylic acids is 1. The first kappa shape index (κ1) is 16.5. The average Bonchev–Trinajstić information content (AvgIpc) is 2.93. The number of ether oxygens (including phenoxy) is 1. The predicted octanol–water partition coefficient (Wildman–Crippen LogP) is 2.03. The Bertz CT molecular complexity index is 634. The van der Waals surface area contributed by atoms with Crippen LogP contribution in [0.2, 0.25) is 0 Å². The molecule has 2 aromatic rings. The molecule has 1 aromatic carbocycles. The normalized spacial score (nSPS) is 12.8. The van der Waals surface area contributed by atoms with Gasteiger partial charge in [0.05, 0.1) is 19.3 Å². The summed E-state index contributed by atoms with van der Waals surface area (Å²) in [7, 11) is 1.67. The fourth-order valence-electron chi connectivity index (χ4n) is 2.48. The Kier molecular flexibility index (Phi) is 5.57. The van der Waals surface area contributed by atoms with Crippen molar-refractivity contribution in [3.63, 3.8) is 0 Å². The number of fused-ring (bicyclic) bond motifs is 1. The molecule has 0 fully saturated rings. The molecule has 2 rings (SSSR count). The highest BCUT2D eigenvalue weighted by atomic mass is 16.5. The maximum atomic E-state index is 12.5. The van der Waals surface area contributed by atoms with Gasteiger partial charge in [-0.1, -0.05) is 19.9 Å². The molecule has 1 atom stereocenters. The van der Waals surface area contributed by atoms with Crippen molar-refractivity contribution in [3.8, 4) is 0 Å². The lowest BCUT2D eigenvalue weighted by Crippen LogP contribution is -2.41. The molecule has 0 unspecified atom stereocenters. The fourth-order valence-corrected chi connectivity index (χ4v) is 2.48. The van der Waals surface area contributed by atoms with Gasteiger partial charge in [-0.15, -0.1) is 0 Å². The van der Waals surface area contributed by atoms with E-state index in [0.717, 1.165) is 17.4 Å². The highest BCUT2D eigenvalue weighted by Crippen LogP contribution is 2.20. The summed E-state index contributed by atoms with van der Waals surface area (Å²) >= 11 is 0. The van der Waals surface area contributed by atoms with Gasteiger partial charge in [0, 0.05) is 36.3 Å². The number of nitrogens with zero attached hydrogens (tertiary/aromatic N) is 1. The van der Waals surface area contributed by atoms with Gasteiger partial charge in [0.15, 0.2) is 0 Å². The number of hydrogen-bond acceptors (Lipinski definition) is 3. The molecule has 1 heterocycles. The number of methoxy groups -OCH3 is 1. The van der Waals surface area contributed by atoms with Crippen LogP contribution in [0.15, 0.2) is 30.5 Å². The largest absolute Gasteiger partial charge is 0.394 e. The summed E-state index contributed by atoms with van der Waals surface area (Å²) < 4.78 is 7.18. The van der Waals surface area contributed by atoms with Crippen molar-refractivity contribution < 1.29 is 14.6 Å². The minimum Gasteiger partial charge on any atom is -0.394 e. The number of aliphatic hydroxyl groups excluding tert-OH is 1. The summed E-state index contributed by atoms with van der Waals surface area (Å²) in [4.78, 5) is 12.5. The third-order valence-corrected chi connectivity index (χ3v) is 3.91. The fraction of sp³-hybridized carbons (Fsp3) is 0.471. The van der Waals surface area contributed by atoms with Crippen LogP contribution in [0.25, 0.3) is 10.9 Å². The molecule has 22 heavy (non-hydrogen) atoms. The summed E-state index contributed by atoms with van der Waals surface area (Å²) in [6.45, 7) is 5.26. The van der Waals surface area contributed by atoms with E-state index in [9.17, 15) is 9.90 Å². The number of rotatable bonds is 7. The zero-order valence-corrected chi connectivity index (χ0v) is 13.4. The first-order valence-corrected chi connectivity index (χ1v) is 7.57. The number of amides is 1. The average molecular weight is 304 g/mol. The van der Waals surface area contributed by atoms with Crippen LogP contribution < -0.4 is 5.32 Å². The predicted molar refractivity (Wildman–Crippen MR) is 87.0 cm³/mol. The van der Waals surface area contributed by atoms with E-state index in [0.29, 0.717) is 12.2 Å². The smallest absolute Gasteiger partial charge is 0.252 e. The zero-order valence-electron chi connectivity index (χ0n) is 13.4. The summed E-state index contributed by atoms with van der Waals surface area (Å²) in [5.74, 6) is 0.0299. The molecule has 0 radical (unpaired) electrons. The van der Waals surface area contributed by atoms with Crippen LogP contribution in [0, 0.1) is 5.92 Å². The number of benzene rings is 1. The van der Waals surface area contributed by atoms with Crippen LogP contribution in [-0.2, 0) is 11.3 Å². The molecule has 2 N–H and O–H groups in total. The van der Waals surface area contributed by atoms with Crippen molar-refractivity contribution in [2.24, 2.45) is 5.92 Å². The van der Waals surface area contributed by atoms with E-state index in [4.69, 9.17) is 4.74 Å². The second kappa shape index (κ2) is 7.42. The van der Waals surface area contributed by atoms with Gasteiger partial charge in [0.1, 0.15) is 0 Å². The SMILES string of the molecule is COCCn1ccc2c(C(=O)N[C@@H](CO)C(C)C)cccc21. The molecule has 0 aliphatic heterocycles. The molecule has 5 heteroatoms. The van der Waals surface area contributed by atoms with Crippen molar-refractivity contribution >= 4 is 16.8 Å². The molecule has 120 valence electrons. The van der Waals surface area contributed by atoms with E-state index in [2.05, 4.69) is 9.88 Å². The van der Waals surface area contributed by atoms with Crippen molar-refractivity contribution in [2.45, 2.75) is 26.4 Å². The van der Waals surface area contributed by atoms with Gasteiger partial charge in [-0.05, 0) is 24.1 Å². The van der Waals surface area contributed by atoms with Crippen LogP contribution in [0.5, 0.6) is 0 Å². The summed E-state index contributed by atoms with van der Waals surface area (Å²) in [6.07, 6.45) is 1.96. The van der Waals surface area contributed by atoms with Gasteiger partial charge >= 0.3 is 0 Å². The van der Waals surface area contributed by atoms with E-state index in [1.165, 1.54) is 0 Å². The van der Waals surface area contributed by atoms with Crippen LogP contribution in [0.3, 0.4) is 0 Å². The molecular formula is C17H24N2O3. The van der Waals surface area contributed by atoms with Gasteiger partial charge in [-0.2, -0.15) is 0 Å². The molecule has 5 nitrogen and oxygen atoms in total. The molecule has 0 saturated carbocycles. The van der Waals surface area contributed by atoms with Crippen molar-refractivity contribution in [3.05, 3.63) is 36.0 Å². The van der Waals surface area contributed by atoms with Crippen LogP contribution >= 0.6 is 0 Å². The van der Waals surface area contributed by atoms with Gasteiger partial charge in [-0.25, -0.2) is 0 Å². The lowest BCUT2D eigenvalue weighted by molar-refractivity contribution is 0.0898. The van der Waals surface area contributed by atoms with E-state index in [-0.39, 0.29) is 24.5 Å². The monoisotopic (exact) mass is 304 g/mol. The Morgan fingerprint density at radius 1 is 1.36 bits per heavy atom. The Hall–Kier alpha value is -1.85. The van der Waals surface area contributed by atoms with E-state index in [1.807, 2.05) is 44.3 Å². The second-order valence-corrected chi connectivity index (χ2v) is 5.75. The molecule has 0 aliphatic carbocycles. The summed E-state index contributed by atoms with van der Waals surface area (Å²) in [6, 6.07) is 7.40. The number of nitrogens with one attached hydrogen (secondary N) is 1. The molecule has 1 amide bonds. The number of hydrogen-bond donors (Lipinski definition) is 2.